The third-order valence-electron chi connectivity index (χ3n) is 5.29. The van der Waals surface area contributed by atoms with Gasteiger partial charge in [0, 0.05) is 13.6 Å². The average Bonchev–Trinajstić information content (AvgIpc) is 2.76. The number of hydrogen-bond acceptors (Lipinski definition) is 4. The molecular formula is C23H27ClF3N3O4S. The summed E-state index contributed by atoms with van der Waals surface area (Å²) in [6.07, 6.45) is -3.77. The van der Waals surface area contributed by atoms with Crippen molar-refractivity contribution in [3.8, 4) is 0 Å². The van der Waals surface area contributed by atoms with Crippen molar-refractivity contribution in [3.63, 3.8) is 0 Å². The van der Waals surface area contributed by atoms with Gasteiger partial charge >= 0.3 is 6.18 Å². The van der Waals surface area contributed by atoms with E-state index in [4.69, 9.17) is 11.6 Å². The highest BCUT2D eigenvalue weighted by atomic mass is 35.5. The van der Waals surface area contributed by atoms with Gasteiger partial charge in [-0.2, -0.15) is 13.2 Å². The Balaban J connectivity index is 2.54. The maximum absolute atomic E-state index is 13.5. The number of benzene rings is 2. The zero-order valence-electron chi connectivity index (χ0n) is 19.7. The quantitative estimate of drug-likeness (QED) is 0.528. The van der Waals surface area contributed by atoms with Crippen molar-refractivity contribution in [2.75, 3.05) is 24.2 Å². The molecule has 0 bridgehead atoms. The average molecular weight is 534 g/mol. The van der Waals surface area contributed by atoms with E-state index in [1.807, 2.05) is 19.1 Å². The zero-order chi connectivity index (χ0) is 26.6. The molecule has 12 heteroatoms. The fourth-order valence-electron chi connectivity index (χ4n) is 3.57. The predicted octanol–water partition coefficient (Wildman–Crippen LogP) is 3.99. The number of aryl methyl sites for hydroxylation is 1. The van der Waals surface area contributed by atoms with Gasteiger partial charge in [-0.3, -0.25) is 13.9 Å². The lowest BCUT2D eigenvalue weighted by Crippen LogP contribution is -2.51. The Bertz CT molecular complexity index is 1190. The van der Waals surface area contributed by atoms with Crippen molar-refractivity contribution in [1.29, 1.82) is 0 Å². The summed E-state index contributed by atoms with van der Waals surface area (Å²) in [5.74, 6) is -1.24. The Hall–Kier alpha value is -2.79. The molecule has 0 fully saturated rings. The van der Waals surface area contributed by atoms with Crippen molar-refractivity contribution in [1.82, 2.24) is 10.2 Å². The Morgan fingerprint density at radius 1 is 1.14 bits per heavy atom. The largest absolute Gasteiger partial charge is 0.416 e. The van der Waals surface area contributed by atoms with Gasteiger partial charge in [-0.1, -0.05) is 48.4 Å². The predicted molar refractivity (Wildman–Crippen MR) is 129 cm³/mol. The van der Waals surface area contributed by atoms with Crippen LogP contribution in [0, 0.1) is 6.92 Å². The molecule has 7 nitrogen and oxygen atoms in total. The molecule has 35 heavy (non-hydrogen) atoms. The van der Waals surface area contributed by atoms with E-state index in [-0.39, 0.29) is 18.0 Å². The molecule has 0 aliphatic carbocycles. The Labute approximate surface area is 207 Å². The molecule has 1 atom stereocenters. The second kappa shape index (κ2) is 11.3. The van der Waals surface area contributed by atoms with Crippen molar-refractivity contribution in [3.05, 3.63) is 64.2 Å². The maximum Gasteiger partial charge on any atom is 0.416 e. The topological polar surface area (TPSA) is 86.8 Å². The summed E-state index contributed by atoms with van der Waals surface area (Å²) >= 11 is 6.06. The number of carbonyl (C=O) groups excluding carboxylic acids is 2. The molecule has 192 valence electrons. The lowest BCUT2D eigenvalue weighted by atomic mass is 10.1. The smallest absolute Gasteiger partial charge is 0.357 e. The molecule has 2 rings (SSSR count). The summed E-state index contributed by atoms with van der Waals surface area (Å²) in [6, 6.07) is 8.48. The van der Waals surface area contributed by atoms with Crippen LogP contribution in [0.15, 0.2) is 42.5 Å². The van der Waals surface area contributed by atoms with Crippen LogP contribution in [0.5, 0.6) is 0 Å². The number of rotatable bonds is 9. The molecule has 0 saturated heterocycles. The lowest BCUT2D eigenvalue weighted by Gasteiger charge is -2.33. The summed E-state index contributed by atoms with van der Waals surface area (Å²) in [5, 5.41) is 2.21. The Morgan fingerprint density at radius 2 is 1.80 bits per heavy atom. The SMILES string of the molecule is CC[C@@H](C(=O)NC)N(Cc1cccc(C)c1)C(=O)CN(c1cc(C(F)(F)F)ccc1Cl)S(C)(=O)=O. The van der Waals surface area contributed by atoms with E-state index in [1.165, 1.54) is 11.9 Å². The van der Waals surface area contributed by atoms with Crippen LogP contribution in [0.3, 0.4) is 0 Å². The molecular weight excluding hydrogens is 507 g/mol. The summed E-state index contributed by atoms with van der Waals surface area (Å²) < 4.78 is 65.5. The van der Waals surface area contributed by atoms with E-state index in [1.54, 1.807) is 19.1 Å². The molecule has 1 N–H and O–H groups in total. The van der Waals surface area contributed by atoms with Crippen molar-refractivity contribution in [2.24, 2.45) is 0 Å². The number of sulfonamides is 1. The van der Waals surface area contributed by atoms with E-state index in [0.717, 1.165) is 24.0 Å². The highest BCUT2D eigenvalue weighted by molar-refractivity contribution is 7.92. The third kappa shape index (κ3) is 7.35. The van der Waals surface area contributed by atoms with Crippen LogP contribution in [-0.4, -0.2) is 51.0 Å². The molecule has 2 aromatic rings. The highest BCUT2D eigenvalue weighted by Crippen LogP contribution is 2.36. The summed E-state index contributed by atoms with van der Waals surface area (Å²) in [4.78, 5) is 27.2. The monoisotopic (exact) mass is 533 g/mol. The fourth-order valence-corrected chi connectivity index (χ4v) is 4.69. The first kappa shape index (κ1) is 28.4. The van der Waals surface area contributed by atoms with Gasteiger partial charge in [0.1, 0.15) is 12.6 Å². The second-order valence-electron chi connectivity index (χ2n) is 7.98. The summed E-state index contributed by atoms with van der Waals surface area (Å²) in [5.41, 5.74) is 0.00682. The molecule has 0 aromatic heterocycles. The van der Waals surface area contributed by atoms with Crippen LogP contribution in [0.4, 0.5) is 18.9 Å². The van der Waals surface area contributed by atoms with Crippen LogP contribution < -0.4 is 9.62 Å². The van der Waals surface area contributed by atoms with Gasteiger partial charge < -0.3 is 10.2 Å². The van der Waals surface area contributed by atoms with Crippen molar-refractivity contribution < 1.29 is 31.2 Å². The number of likely N-dealkylation sites (N-methyl/N-ethyl adjacent to an activating group) is 1. The molecule has 0 spiro atoms. The first-order chi connectivity index (χ1) is 16.2. The van der Waals surface area contributed by atoms with Crippen LogP contribution in [-0.2, 0) is 32.3 Å². The second-order valence-corrected chi connectivity index (χ2v) is 10.3. The normalized spacial score (nSPS) is 12.7. The first-order valence-corrected chi connectivity index (χ1v) is 12.8. The van der Waals surface area contributed by atoms with E-state index >= 15 is 0 Å². The molecule has 0 radical (unpaired) electrons. The Kier molecular flexibility index (Phi) is 9.18. The fraction of sp³-hybridized carbons (Fsp3) is 0.391. The van der Waals surface area contributed by atoms with Gasteiger partial charge in [-0.05, 0) is 37.1 Å². The van der Waals surface area contributed by atoms with Gasteiger partial charge in [0.25, 0.3) is 0 Å². The minimum atomic E-state index is -4.75. The number of carbonyl (C=O) groups is 2. The molecule has 0 heterocycles. The molecule has 0 aliphatic rings. The number of hydrogen-bond donors (Lipinski definition) is 1. The van der Waals surface area contributed by atoms with Crippen molar-refractivity contribution >= 4 is 39.1 Å². The number of amides is 2. The van der Waals surface area contributed by atoms with Crippen LogP contribution in [0.1, 0.15) is 30.0 Å². The standard InChI is InChI=1S/C23H27ClF3N3O4S/c1-5-19(22(32)28-3)29(13-16-8-6-7-15(2)11-16)21(31)14-30(35(4,33)34)20-12-17(23(25,26)27)9-10-18(20)24/h6-12,19H,5,13-14H2,1-4H3,(H,28,32)/t19-/m0/s1. The molecule has 2 amide bonds. The molecule has 0 aliphatic heterocycles. The third-order valence-corrected chi connectivity index (χ3v) is 6.74. The maximum atomic E-state index is 13.5. The number of nitrogens with zero attached hydrogens (tertiary/aromatic N) is 2. The van der Waals surface area contributed by atoms with Crippen LogP contribution >= 0.6 is 11.6 Å². The van der Waals surface area contributed by atoms with Gasteiger partial charge in [0.15, 0.2) is 0 Å². The van der Waals surface area contributed by atoms with Gasteiger partial charge in [0.05, 0.1) is 22.5 Å². The summed E-state index contributed by atoms with van der Waals surface area (Å²) in [7, 11) is -2.83. The van der Waals surface area contributed by atoms with Crippen molar-refractivity contribution in [2.45, 2.75) is 39.0 Å². The number of anilines is 1. The first-order valence-electron chi connectivity index (χ1n) is 10.6. The highest BCUT2D eigenvalue weighted by Gasteiger charge is 2.35. The number of nitrogens with one attached hydrogen (secondary N) is 1. The molecule has 0 unspecified atom stereocenters. The van der Waals surface area contributed by atoms with Gasteiger partial charge in [-0.15, -0.1) is 0 Å². The van der Waals surface area contributed by atoms with E-state index in [9.17, 15) is 31.2 Å². The van der Waals surface area contributed by atoms with E-state index < -0.39 is 51.9 Å². The lowest BCUT2D eigenvalue weighted by molar-refractivity contribution is -0.140. The molecule has 0 saturated carbocycles. The van der Waals surface area contributed by atoms with Crippen LogP contribution in [0.25, 0.3) is 0 Å². The minimum absolute atomic E-state index is 0.0135. The van der Waals surface area contributed by atoms with Crippen LogP contribution in [0.2, 0.25) is 5.02 Å². The number of halogens is 4. The Morgan fingerprint density at radius 3 is 2.31 bits per heavy atom. The summed E-state index contributed by atoms with van der Waals surface area (Å²) in [6.45, 7) is 2.68. The van der Waals surface area contributed by atoms with Gasteiger partial charge in [-0.25, -0.2) is 8.42 Å². The minimum Gasteiger partial charge on any atom is -0.357 e. The van der Waals surface area contributed by atoms with E-state index in [2.05, 4.69) is 5.32 Å². The zero-order valence-corrected chi connectivity index (χ0v) is 21.3. The molecule has 2 aromatic carbocycles. The number of alkyl halides is 3. The van der Waals surface area contributed by atoms with E-state index in [0.29, 0.717) is 15.9 Å². The van der Waals surface area contributed by atoms with Gasteiger partial charge in [0.2, 0.25) is 21.8 Å².